The number of amides is 2. The maximum absolute atomic E-state index is 12.0. The van der Waals surface area contributed by atoms with E-state index in [4.69, 9.17) is 15.2 Å². The Bertz CT molecular complexity index is 542. The molecule has 0 unspecified atom stereocenters. The zero-order chi connectivity index (χ0) is 15.9. The number of carbonyl (C=O) groups is 2. The molecule has 1 aliphatic rings. The van der Waals surface area contributed by atoms with Crippen molar-refractivity contribution >= 4 is 17.5 Å². The Morgan fingerprint density at radius 1 is 1.36 bits per heavy atom. The topological polar surface area (TPSA) is 93.9 Å². The van der Waals surface area contributed by atoms with E-state index < -0.39 is 0 Å². The van der Waals surface area contributed by atoms with Crippen LogP contribution in [0, 0.1) is 0 Å². The number of morpholine rings is 1. The molecule has 1 aliphatic heterocycles. The van der Waals surface area contributed by atoms with Crippen molar-refractivity contribution in [1.82, 2.24) is 10.2 Å². The third-order valence-electron chi connectivity index (χ3n) is 3.44. The first kappa shape index (κ1) is 16.1. The van der Waals surface area contributed by atoms with Crippen molar-refractivity contribution in [3.63, 3.8) is 0 Å². The second-order valence-corrected chi connectivity index (χ2v) is 4.92. The molecule has 2 amide bonds. The van der Waals surface area contributed by atoms with Crippen molar-refractivity contribution in [2.45, 2.75) is 6.42 Å². The van der Waals surface area contributed by atoms with Gasteiger partial charge in [0.25, 0.3) is 5.91 Å². The molecule has 0 aromatic heterocycles. The van der Waals surface area contributed by atoms with Gasteiger partial charge in [-0.25, -0.2) is 0 Å². The van der Waals surface area contributed by atoms with Crippen LogP contribution in [0.4, 0.5) is 5.69 Å². The van der Waals surface area contributed by atoms with E-state index in [0.29, 0.717) is 43.3 Å². The van der Waals surface area contributed by atoms with Crippen LogP contribution in [0.2, 0.25) is 0 Å². The molecule has 0 aliphatic carbocycles. The van der Waals surface area contributed by atoms with Gasteiger partial charge in [0.2, 0.25) is 5.91 Å². The number of carbonyl (C=O) groups excluding carboxylic acids is 2. The number of nitrogens with one attached hydrogen (secondary N) is 1. The van der Waals surface area contributed by atoms with Gasteiger partial charge >= 0.3 is 0 Å². The molecule has 0 saturated carbocycles. The molecule has 1 saturated heterocycles. The molecule has 1 aromatic rings. The van der Waals surface area contributed by atoms with Crippen LogP contribution in [-0.2, 0) is 9.53 Å². The second kappa shape index (κ2) is 7.65. The van der Waals surface area contributed by atoms with Crippen molar-refractivity contribution in [2.75, 3.05) is 45.7 Å². The van der Waals surface area contributed by atoms with Crippen LogP contribution in [0.15, 0.2) is 18.2 Å². The van der Waals surface area contributed by atoms with Crippen molar-refractivity contribution < 1.29 is 19.1 Å². The zero-order valence-corrected chi connectivity index (χ0v) is 12.6. The Morgan fingerprint density at radius 3 is 2.77 bits per heavy atom. The van der Waals surface area contributed by atoms with E-state index in [-0.39, 0.29) is 24.8 Å². The fourth-order valence-corrected chi connectivity index (χ4v) is 2.16. The predicted molar refractivity (Wildman–Crippen MR) is 81.8 cm³/mol. The lowest BCUT2D eigenvalue weighted by molar-refractivity contribution is -0.135. The monoisotopic (exact) mass is 307 g/mol. The molecule has 1 heterocycles. The molecular weight excluding hydrogens is 286 g/mol. The number of anilines is 1. The molecule has 1 aromatic carbocycles. The van der Waals surface area contributed by atoms with E-state index in [1.807, 2.05) is 0 Å². The van der Waals surface area contributed by atoms with Crippen molar-refractivity contribution in [3.05, 3.63) is 23.8 Å². The average Bonchev–Trinajstić information content (AvgIpc) is 2.56. The molecule has 1 fully saturated rings. The minimum Gasteiger partial charge on any atom is -0.491 e. The van der Waals surface area contributed by atoms with Crippen molar-refractivity contribution in [2.24, 2.45) is 0 Å². The van der Waals surface area contributed by atoms with Gasteiger partial charge in [-0.2, -0.15) is 0 Å². The molecule has 7 heteroatoms. The molecule has 3 N–H and O–H groups in total. The lowest BCUT2D eigenvalue weighted by Gasteiger charge is -2.26. The molecule has 0 spiro atoms. The summed E-state index contributed by atoms with van der Waals surface area (Å²) in [5, 5.41) is 2.54. The molecule has 120 valence electrons. The summed E-state index contributed by atoms with van der Waals surface area (Å²) in [5.41, 5.74) is 6.72. The Balaban J connectivity index is 1.88. The SMILES string of the molecule is CNC(=O)c1ccc(N)c(OCCC(=O)N2CCOCC2)c1. The zero-order valence-electron chi connectivity index (χ0n) is 12.6. The first-order valence-electron chi connectivity index (χ1n) is 7.21. The van der Waals surface area contributed by atoms with Crippen LogP contribution >= 0.6 is 0 Å². The molecular formula is C15H21N3O4. The third-order valence-corrected chi connectivity index (χ3v) is 3.44. The summed E-state index contributed by atoms with van der Waals surface area (Å²) in [5.74, 6) is 0.231. The lowest BCUT2D eigenvalue weighted by atomic mass is 10.2. The van der Waals surface area contributed by atoms with Crippen LogP contribution in [-0.4, -0.2) is 56.7 Å². The van der Waals surface area contributed by atoms with Gasteiger partial charge < -0.3 is 25.4 Å². The van der Waals surface area contributed by atoms with E-state index in [2.05, 4.69) is 5.32 Å². The summed E-state index contributed by atoms with van der Waals surface area (Å²) in [6.07, 6.45) is 0.268. The highest BCUT2D eigenvalue weighted by Gasteiger charge is 2.16. The van der Waals surface area contributed by atoms with E-state index >= 15 is 0 Å². The van der Waals surface area contributed by atoms with Crippen LogP contribution in [0.5, 0.6) is 5.75 Å². The van der Waals surface area contributed by atoms with Crippen LogP contribution in [0.25, 0.3) is 0 Å². The number of hydrogen-bond donors (Lipinski definition) is 2. The van der Waals surface area contributed by atoms with Gasteiger partial charge in [0.15, 0.2) is 0 Å². The van der Waals surface area contributed by atoms with E-state index in [9.17, 15) is 9.59 Å². The highest BCUT2D eigenvalue weighted by atomic mass is 16.5. The minimum absolute atomic E-state index is 0.0318. The number of rotatable bonds is 5. The quantitative estimate of drug-likeness (QED) is 0.761. The van der Waals surface area contributed by atoms with E-state index in [0.717, 1.165) is 0 Å². The molecule has 7 nitrogen and oxygen atoms in total. The largest absolute Gasteiger partial charge is 0.491 e. The number of nitrogens with zero attached hydrogens (tertiary/aromatic N) is 1. The normalized spacial score (nSPS) is 14.5. The first-order valence-corrected chi connectivity index (χ1v) is 7.21. The minimum atomic E-state index is -0.214. The Morgan fingerprint density at radius 2 is 2.09 bits per heavy atom. The number of nitrogen functional groups attached to an aromatic ring is 1. The van der Waals surface area contributed by atoms with Gasteiger partial charge in [0, 0.05) is 25.7 Å². The second-order valence-electron chi connectivity index (χ2n) is 4.92. The molecule has 0 atom stereocenters. The summed E-state index contributed by atoms with van der Waals surface area (Å²) < 4.78 is 10.8. The van der Waals surface area contributed by atoms with Gasteiger partial charge in [-0.1, -0.05) is 0 Å². The first-order chi connectivity index (χ1) is 10.6. The maximum Gasteiger partial charge on any atom is 0.251 e. The fraction of sp³-hybridized carbons (Fsp3) is 0.467. The van der Waals surface area contributed by atoms with Crippen molar-refractivity contribution in [1.29, 1.82) is 0 Å². The number of benzene rings is 1. The third kappa shape index (κ3) is 4.11. The number of ether oxygens (including phenoxy) is 2. The lowest BCUT2D eigenvalue weighted by Crippen LogP contribution is -2.41. The summed E-state index contributed by atoms with van der Waals surface area (Å²) >= 11 is 0. The fourth-order valence-electron chi connectivity index (χ4n) is 2.16. The molecule has 0 radical (unpaired) electrons. The van der Waals surface area contributed by atoms with Crippen molar-refractivity contribution in [3.8, 4) is 5.75 Å². The maximum atomic E-state index is 12.0. The van der Waals surface area contributed by atoms with Gasteiger partial charge in [-0.05, 0) is 18.2 Å². The van der Waals surface area contributed by atoms with E-state index in [1.54, 1.807) is 30.1 Å². The molecule has 22 heavy (non-hydrogen) atoms. The highest BCUT2D eigenvalue weighted by molar-refractivity contribution is 5.95. The summed E-state index contributed by atoms with van der Waals surface area (Å²) in [6.45, 7) is 2.61. The number of nitrogens with two attached hydrogens (primary N) is 1. The Kier molecular flexibility index (Phi) is 5.60. The summed E-state index contributed by atoms with van der Waals surface area (Å²) in [7, 11) is 1.56. The summed E-state index contributed by atoms with van der Waals surface area (Å²) in [4.78, 5) is 25.3. The average molecular weight is 307 g/mol. The Hall–Kier alpha value is -2.28. The van der Waals surface area contributed by atoms with Gasteiger partial charge in [-0.3, -0.25) is 9.59 Å². The number of hydrogen-bond acceptors (Lipinski definition) is 5. The summed E-state index contributed by atoms with van der Waals surface area (Å²) in [6, 6.07) is 4.82. The van der Waals surface area contributed by atoms with Gasteiger partial charge in [0.05, 0.1) is 31.9 Å². The van der Waals surface area contributed by atoms with Crippen LogP contribution in [0.3, 0.4) is 0 Å². The predicted octanol–water partition coefficient (Wildman–Crippen LogP) is 0.256. The van der Waals surface area contributed by atoms with Gasteiger partial charge in [-0.15, -0.1) is 0 Å². The highest BCUT2D eigenvalue weighted by Crippen LogP contribution is 2.23. The smallest absolute Gasteiger partial charge is 0.251 e. The Labute approximate surface area is 129 Å². The van der Waals surface area contributed by atoms with E-state index in [1.165, 1.54) is 0 Å². The van der Waals surface area contributed by atoms with Crippen LogP contribution in [0.1, 0.15) is 16.8 Å². The molecule has 2 rings (SSSR count). The molecule has 0 bridgehead atoms. The standard InChI is InChI=1S/C15H21N3O4/c1-17-15(20)11-2-3-12(16)13(10-11)22-7-4-14(19)18-5-8-21-9-6-18/h2-3,10H,4-9,16H2,1H3,(H,17,20). The van der Waals surface area contributed by atoms with Crippen LogP contribution < -0.4 is 15.8 Å². The van der Waals surface area contributed by atoms with Gasteiger partial charge in [0.1, 0.15) is 5.75 Å².